The van der Waals surface area contributed by atoms with E-state index in [1.54, 1.807) is 12.1 Å². The molecule has 1 aliphatic rings. The number of halogens is 1. The summed E-state index contributed by atoms with van der Waals surface area (Å²) in [4.78, 5) is 16.3. The lowest BCUT2D eigenvalue weighted by atomic mass is 10.00. The zero-order valence-electron chi connectivity index (χ0n) is 23.8. The molecule has 5 rings (SSSR count). The van der Waals surface area contributed by atoms with Crippen LogP contribution in [0.15, 0.2) is 66.7 Å². The molecule has 41 heavy (non-hydrogen) atoms. The van der Waals surface area contributed by atoms with Crippen LogP contribution in [0.2, 0.25) is 0 Å². The largest absolute Gasteiger partial charge is 0.486 e. The van der Waals surface area contributed by atoms with Crippen LogP contribution in [0.3, 0.4) is 0 Å². The molecule has 0 radical (unpaired) electrons. The maximum atomic E-state index is 15.7. The molecule has 1 aromatic heterocycles. The van der Waals surface area contributed by atoms with Crippen molar-refractivity contribution < 1.29 is 23.4 Å². The van der Waals surface area contributed by atoms with Gasteiger partial charge in [-0.2, -0.15) is 9.37 Å². The summed E-state index contributed by atoms with van der Waals surface area (Å²) in [5, 5.41) is 3.62. The van der Waals surface area contributed by atoms with Gasteiger partial charge >= 0.3 is 5.97 Å². The lowest BCUT2D eigenvalue weighted by Crippen LogP contribution is -2.25. The number of hydrogen-bond donors (Lipinski definition) is 1. The molecule has 1 N–H and O–H groups in total. The number of fused-ring (bicyclic) bond motifs is 1. The van der Waals surface area contributed by atoms with Crippen molar-refractivity contribution >= 4 is 5.97 Å². The van der Waals surface area contributed by atoms with E-state index in [4.69, 9.17) is 14.2 Å². The fourth-order valence-corrected chi connectivity index (χ4v) is 5.13. The van der Waals surface area contributed by atoms with Gasteiger partial charge in [-0.05, 0) is 54.3 Å². The number of carbonyl (C=O) groups excluding carboxylic acids is 1. The molecule has 0 aliphatic carbocycles. The van der Waals surface area contributed by atoms with Crippen molar-refractivity contribution in [2.75, 3.05) is 20.3 Å². The van der Waals surface area contributed by atoms with Crippen molar-refractivity contribution in [3.8, 4) is 22.9 Å². The molecule has 0 saturated carbocycles. The number of nitrogens with zero attached hydrogens (tertiary/aromatic N) is 2. The number of aryl methyl sites for hydroxylation is 1. The van der Waals surface area contributed by atoms with Crippen LogP contribution in [0.4, 0.5) is 4.39 Å². The van der Waals surface area contributed by atoms with Gasteiger partial charge in [0.1, 0.15) is 19.0 Å². The minimum absolute atomic E-state index is 0.248. The summed E-state index contributed by atoms with van der Waals surface area (Å²) in [7, 11) is 1.37. The second-order valence-electron chi connectivity index (χ2n) is 10.2. The number of methoxy groups -OCH3 is 1. The molecular formula is C33H36FN3O4. The normalized spacial score (nSPS) is 13.2. The van der Waals surface area contributed by atoms with E-state index < -0.39 is 5.95 Å². The molecule has 214 valence electrons. The number of aromatic nitrogens is 2. The van der Waals surface area contributed by atoms with E-state index in [1.807, 2.05) is 66.1 Å². The molecule has 0 bridgehead atoms. The topological polar surface area (TPSA) is 74.6 Å². The highest BCUT2D eigenvalue weighted by Crippen LogP contribution is 2.35. The third-order valence-electron chi connectivity index (χ3n) is 7.44. The summed E-state index contributed by atoms with van der Waals surface area (Å²) in [6, 6.07) is 20.9. The number of esters is 1. The van der Waals surface area contributed by atoms with Crippen LogP contribution in [0.25, 0.3) is 11.4 Å². The molecule has 0 saturated heterocycles. The van der Waals surface area contributed by atoms with E-state index in [9.17, 15) is 4.79 Å². The van der Waals surface area contributed by atoms with Gasteiger partial charge in [-0.15, -0.1) is 0 Å². The summed E-state index contributed by atoms with van der Waals surface area (Å²) in [6.45, 7) is 6.34. The first-order valence-corrected chi connectivity index (χ1v) is 14.1. The number of hydrogen-bond acceptors (Lipinski definition) is 6. The van der Waals surface area contributed by atoms with Gasteiger partial charge in [0.25, 0.3) is 0 Å². The van der Waals surface area contributed by atoms with E-state index >= 15 is 4.39 Å². The number of benzene rings is 3. The Hall–Kier alpha value is -4.17. The molecule has 2 heterocycles. The van der Waals surface area contributed by atoms with Crippen LogP contribution in [-0.4, -0.2) is 35.8 Å². The summed E-state index contributed by atoms with van der Waals surface area (Å²) in [5.74, 6) is 1.22. The van der Waals surface area contributed by atoms with Gasteiger partial charge in [0.2, 0.25) is 5.95 Å². The molecule has 1 atom stereocenters. The summed E-state index contributed by atoms with van der Waals surface area (Å²) in [6.07, 6.45) is 2.28. The van der Waals surface area contributed by atoms with Crippen molar-refractivity contribution in [1.29, 1.82) is 0 Å². The molecule has 1 aliphatic heterocycles. The van der Waals surface area contributed by atoms with Gasteiger partial charge in [-0.1, -0.05) is 55.8 Å². The van der Waals surface area contributed by atoms with Crippen molar-refractivity contribution in [3.63, 3.8) is 0 Å². The Balaban J connectivity index is 1.49. The fourth-order valence-electron chi connectivity index (χ4n) is 5.13. The zero-order chi connectivity index (χ0) is 28.8. The summed E-state index contributed by atoms with van der Waals surface area (Å²) in [5.41, 5.74) is 4.98. The van der Waals surface area contributed by atoms with Crippen molar-refractivity contribution in [3.05, 3.63) is 101 Å². The zero-order valence-corrected chi connectivity index (χ0v) is 23.8. The molecule has 0 fully saturated rings. The highest BCUT2D eigenvalue weighted by molar-refractivity contribution is 5.89. The Morgan fingerprint density at radius 2 is 1.83 bits per heavy atom. The number of carbonyl (C=O) groups is 1. The van der Waals surface area contributed by atoms with Gasteiger partial charge in [0.15, 0.2) is 11.5 Å². The Morgan fingerprint density at radius 1 is 1.07 bits per heavy atom. The van der Waals surface area contributed by atoms with Crippen LogP contribution in [0, 0.1) is 12.9 Å². The van der Waals surface area contributed by atoms with Gasteiger partial charge in [-0.25, -0.2) is 4.79 Å². The van der Waals surface area contributed by atoms with Crippen LogP contribution in [-0.2, 0) is 24.2 Å². The predicted octanol–water partition coefficient (Wildman–Crippen LogP) is 6.43. The first kappa shape index (κ1) is 28.4. The van der Waals surface area contributed by atoms with Gasteiger partial charge in [0, 0.05) is 31.1 Å². The molecule has 7 nitrogen and oxygen atoms in total. The maximum absolute atomic E-state index is 15.7. The Bertz CT molecular complexity index is 1500. The Kier molecular flexibility index (Phi) is 8.99. The van der Waals surface area contributed by atoms with Crippen molar-refractivity contribution in [1.82, 2.24) is 14.9 Å². The van der Waals surface area contributed by atoms with Crippen molar-refractivity contribution in [2.45, 2.75) is 52.2 Å². The van der Waals surface area contributed by atoms with E-state index in [2.05, 4.69) is 17.2 Å². The van der Waals surface area contributed by atoms with Crippen LogP contribution < -0.4 is 14.8 Å². The molecular weight excluding hydrogens is 521 g/mol. The molecule has 1 unspecified atom stereocenters. The second kappa shape index (κ2) is 13.0. The highest BCUT2D eigenvalue weighted by Gasteiger charge is 2.24. The summed E-state index contributed by atoms with van der Waals surface area (Å²) < 4.78 is 34.2. The molecule has 8 heteroatoms. The predicted molar refractivity (Wildman–Crippen MR) is 156 cm³/mol. The van der Waals surface area contributed by atoms with Gasteiger partial charge < -0.3 is 24.1 Å². The number of unbranched alkanes of at least 4 members (excludes halogenated alkanes) is 1. The number of ether oxygens (including phenoxy) is 3. The standard InChI is InChI=1S/C33H36FN3O4/c1-4-5-16-37-28(31(34)36-32(37)26-9-7-6-8-22(26)2)20-27(25-14-15-29-30(19-25)41-18-17-40-29)35-21-23-10-12-24(13-11-23)33(38)39-3/h6-15,19,27,35H,4-5,16-18,20-21H2,1-3H3. The van der Waals surface area contributed by atoms with Gasteiger partial charge in [-0.3, -0.25) is 0 Å². The molecule has 0 amide bonds. The molecule has 4 aromatic rings. The average molecular weight is 558 g/mol. The second-order valence-corrected chi connectivity index (χ2v) is 10.2. The van der Waals surface area contributed by atoms with E-state index in [1.165, 1.54) is 7.11 Å². The Morgan fingerprint density at radius 3 is 2.56 bits per heavy atom. The molecule has 0 spiro atoms. The van der Waals surface area contributed by atoms with E-state index in [0.717, 1.165) is 35.1 Å². The molecule has 3 aromatic carbocycles. The minimum atomic E-state index is -0.453. The van der Waals surface area contributed by atoms with Crippen LogP contribution in [0.1, 0.15) is 58.5 Å². The fraction of sp³-hybridized carbons (Fsp3) is 0.333. The maximum Gasteiger partial charge on any atom is 0.337 e. The quantitative estimate of drug-likeness (QED) is 0.214. The lowest BCUT2D eigenvalue weighted by molar-refractivity contribution is 0.0600. The van der Waals surface area contributed by atoms with E-state index in [-0.39, 0.29) is 12.0 Å². The number of imidazole rings is 1. The lowest BCUT2D eigenvalue weighted by Gasteiger charge is -2.24. The Labute approximate surface area is 240 Å². The van der Waals surface area contributed by atoms with Crippen LogP contribution >= 0.6 is 0 Å². The monoisotopic (exact) mass is 557 g/mol. The van der Waals surface area contributed by atoms with Gasteiger partial charge in [0.05, 0.1) is 18.4 Å². The number of nitrogens with one attached hydrogen (secondary N) is 1. The third kappa shape index (κ3) is 6.43. The average Bonchev–Trinajstić information content (AvgIpc) is 3.31. The van der Waals surface area contributed by atoms with Crippen LogP contribution in [0.5, 0.6) is 11.5 Å². The minimum Gasteiger partial charge on any atom is -0.486 e. The number of rotatable bonds is 11. The smallest absolute Gasteiger partial charge is 0.337 e. The first-order chi connectivity index (χ1) is 20.0. The highest BCUT2D eigenvalue weighted by atomic mass is 19.1. The van der Waals surface area contributed by atoms with E-state index in [0.29, 0.717) is 61.3 Å². The summed E-state index contributed by atoms with van der Waals surface area (Å²) >= 11 is 0. The van der Waals surface area contributed by atoms with Crippen molar-refractivity contribution in [2.24, 2.45) is 0 Å². The first-order valence-electron chi connectivity index (χ1n) is 14.1. The third-order valence-corrected chi connectivity index (χ3v) is 7.44. The SMILES string of the molecule is CCCCn1c(-c2ccccc2C)nc(F)c1CC(NCc1ccc(C(=O)OC)cc1)c1ccc2c(c1)OCCO2.